The summed E-state index contributed by atoms with van der Waals surface area (Å²) in [6.45, 7) is 1.43. The molecule has 1 amide bonds. The molecule has 0 unspecified atom stereocenters. The number of anilines is 1. The van der Waals surface area contributed by atoms with E-state index in [0.29, 0.717) is 4.88 Å². The Hall–Kier alpha value is -3.50. The topological polar surface area (TPSA) is 70.4 Å². The van der Waals surface area contributed by atoms with E-state index in [1.165, 1.54) is 29.5 Å². The number of ether oxygens (including phenoxy) is 1. The number of carbonyl (C=O) groups is 2. The summed E-state index contributed by atoms with van der Waals surface area (Å²) >= 11 is 1.23. The largest absolute Gasteiger partial charge is 0.451 e. The summed E-state index contributed by atoms with van der Waals surface area (Å²) in [7, 11) is 0. The molecular formula is C23H19FN2O3S. The van der Waals surface area contributed by atoms with E-state index in [9.17, 15) is 14.0 Å². The number of hydrogen-bond donors (Lipinski definition) is 0. The Balaban J connectivity index is 1.73. The highest BCUT2D eigenvalue weighted by Gasteiger charge is 2.22. The first kappa shape index (κ1) is 21.2. The fourth-order valence-electron chi connectivity index (χ4n) is 2.91. The average molecular weight is 422 g/mol. The minimum absolute atomic E-state index is 0.00142. The number of aryl methyl sites for hydroxylation is 1. The van der Waals surface area contributed by atoms with Gasteiger partial charge in [-0.15, -0.1) is 11.3 Å². The summed E-state index contributed by atoms with van der Waals surface area (Å²) in [4.78, 5) is 26.8. The lowest BCUT2D eigenvalue weighted by Crippen LogP contribution is -2.36. The van der Waals surface area contributed by atoms with Crippen LogP contribution in [0.2, 0.25) is 0 Å². The lowest BCUT2D eigenvalue weighted by Gasteiger charge is -2.22. The van der Waals surface area contributed by atoms with Gasteiger partial charge in [0.15, 0.2) is 6.61 Å². The zero-order valence-corrected chi connectivity index (χ0v) is 17.1. The van der Waals surface area contributed by atoms with Crippen molar-refractivity contribution < 1.29 is 18.7 Å². The van der Waals surface area contributed by atoms with Crippen molar-refractivity contribution in [1.82, 2.24) is 0 Å². The molecule has 152 valence electrons. The number of nitriles is 1. The van der Waals surface area contributed by atoms with Crippen LogP contribution in [-0.2, 0) is 9.53 Å². The second kappa shape index (κ2) is 9.81. The zero-order chi connectivity index (χ0) is 21.5. The van der Waals surface area contributed by atoms with Crippen molar-refractivity contribution in [3.63, 3.8) is 0 Å². The third kappa shape index (κ3) is 4.91. The monoisotopic (exact) mass is 422 g/mol. The van der Waals surface area contributed by atoms with E-state index >= 15 is 0 Å². The molecule has 1 aromatic heterocycles. The third-order valence-electron chi connectivity index (χ3n) is 4.43. The Bertz CT molecular complexity index is 1090. The Labute approximate surface area is 177 Å². The van der Waals surface area contributed by atoms with E-state index in [1.54, 1.807) is 11.4 Å². The Morgan fingerprint density at radius 3 is 2.57 bits per heavy atom. The van der Waals surface area contributed by atoms with Crippen LogP contribution in [0.15, 0.2) is 60.0 Å². The van der Waals surface area contributed by atoms with Gasteiger partial charge in [-0.25, -0.2) is 9.18 Å². The normalized spacial score (nSPS) is 10.3. The fraction of sp³-hybridized carbons (Fsp3) is 0.174. The Kier molecular flexibility index (Phi) is 6.94. The van der Waals surface area contributed by atoms with Crippen LogP contribution in [0.4, 0.5) is 10.1 Å². The van der Waals surface area contributed by atoms with Crippen molar-refractivity contribution in [2.24, 2.45) is 0 Å². The number of rotatable bonds is 7. The van der Waals surface area contributed by atoms with Crippen molar-refractivity contribution in [1.29, 1.82) is 5.26 Å². The van der Waals surface area contributed by atoms with Gasteiger partial charge in [0, 0.05) is 12.1 Å². The van der Waals surface area contributed by atoms with Gasteiger partial charge < -0.3 is 9.64 Å². The molecule has 0 fully saturated rings. The molecule has 0 N–H and O–H groups in total. The molecule has 2 aromatic carbocycles. The maximum atomic E-state index is 14.1. The standard InChI is InChI=1S/C23H19FN2O3S/c1-16-7-9-17(10-8-16)18-11-14-30-22(18)23(28)29-15-21(27)26(13-4-12-25)20-6-3-2-5-19(20)24/h2-3,5-11,14H,4,13,15H2,1H3. The molecule has 5 nitrogen and oxygen atoms in total. The van der Waals surface area contributed by atoms with Crippen LogP contribution >= 0.6 is 11.3 Å². The number of esters is 1. The molecule has 0 atom stereocenters. The quantitative estimate of drug-likeness (QED) is 0.504. The van der Waals surface area contributed by atoms with Crippen LogP contribution in [0.1, 0.15) is 21.7 Å². The van der Waals surface area contributed by atoms with Crippen molar-refractivity contribution in [3.8, 4) is 17.2 Å². The second-order valence-electron chi connectivity index (χ2n) is 6.51. The van der Waals surface area contributed by atoms with Gasteiger partial charge in [-0.2, -0.15) is 5.26 Å². The molecule has 0 aliphatic carbocycles. The van der Waals surface area contributed by atoms with E-state index in [0.717, 1.165) is 21.6 Å². The predicted molar refractivity (Wildman–Crippen MR) is 114 cm³/mol. The number of nitrogens with zero attached hydrogens (tertiary/aromatic N) is 2. The van der Waals surface area contributed by atoms with E-state index in [4.69, 9.17) is 10.00 Å². The number of para-hydroxylation sites is 1. The minimum Gasteiger partial charge on any atom is -0.451 e. The summed E-state index contributed by atoms with van der Waals surface area (Å²) in [6.07, 6.45) is 0.0243. The van der Waals surface area contributed by atoms with Crippen LogP contribution in [0.25, 0.3) is 11.1 Å². The maximum Gasteiger partial charge on any atom is 0.349 e. The SMILES string of the molecule is Cc1ccc(-c2ccsc2C(=O)OCC(=O)N(CCC#N)c2ccccc2F)cc1. The number of hydrogen-bond acceptors (Lipinski definition) is 5. The Morgan fingerprint density at radius 1 is 1.13 bits per heavy atom. The highest BCUT2D eigenvalue weighted by atomic mass is 32.1. The van der Waals surface area contributed by atoms with Gasteiger partial charge in [-0.3, -0.25) is 4.79 Å². The molecule has 3 rings (SSSR count). The summed E-state index contributed by atoms with van der Waals surface area (Å²) in [5.74, 6) is -1.81. The van der Waals surface area contributed by atoms with Crippen LogP contribution in [-0.4, -0.2) is 25.0 Å². The van der Waals surface area contributed by atoms with Gasteiger partial charge in [0.2, 0.25) is 0 Å². The number of thiophene rings is 1. The van der Waals surface area contributed by atoms with E-state index in [-0.39, 0.29) is 18.7 Å². The number of carbonyl (C=O) groups excluding carboxylic acids is 2. The first-order valence-corrected chi connectivity index (χ1v) is 10.1. The molecule has 0 aliphatic heterocycles. The highest BCUT2D eigenvalue weighted by molar-refractivity contribution is 7.12. The lowest BCUT2D eigenvalue weighted by molar-refractivity contribution is -0.121. The molecule has 0 saturated carbocycles. The first-order chi connectivity index (χ1) is 14.5. The summed E-state index contributed by atoms with van der Waals surface area (Å²) in [5.41, 5.74) is 2.76. The number of halogens is 1. The van der Waals surface area contributed by atoms with Gasteiger partial charge in [0.25, 0.3) is 5.91 Å². The molecule has 0 saturated heterocycles. The maximum absolute atomic E-state index is 14.1. The van der Waals surface area contributed by atoms with Crippen molar-refractivity contribution in [2.75, 3.05) is 18.1 Å². The van der Waals surface area contributed by atoms with E-state index in [1.807, 2.05) is 43.3 Å². The minimum atomic E-state index is -0.623. The fourth-order valence-corrected chi connectivity index (χ4v) is 3.72. The van der Waals surface area contributed by atoms with Gasteiger partial charge in [-0.1, -0.05) is 42.0 Å². The van der Waals surface area contributed by atoms with Crippen LogP contribution in [0.3, 0.4) is 0 Å². The van der Waals surface area contributed by atoms with Crippen molar-refractivity contribution in [2.45, 2.75) is 13.3 Å². The smallest absolute Gasteiger partial charge is 0.349 e. The molecule has 0 bridgehead atoms. The third-order valence-corrected chi connectivity index (χ3v) is 5.33. The summed E-state index contributed by atoms with van der Waals surface area (Å²) < 4.78 is 19.4. The number of amides is 1. The molecule has 0 radical (unpaired) electrons. The highest BCUT2D eigenvalue weighted by Crippen LogP contribution is 2.29. The zero-order valence-electron chi connectivity index (χ0n) is 16.3. The van der Waals surface area contributed by atoms with Crippen molar-refractivity contribution >= 4 is 28.9 Å². The van der Waals surface area contributed by atoms with E-state index in [2.05, 4.69) is 0 Å². The van der Waals surface area contributed by atoms with Gasteiger partial charge in [-0.05, 0) is 36.1 Å². The molecule has 7 heteroatoms. The molecule has 30 heavy (non-hydrogen) atoms. The first-order valence-electron chi connectivity index (χ1n) is 9.24. The average Bonchev–Trinajstić information content (AvgIpc) is 3.24. The molecule has 1 heterocycles. The summed E-state index contributed by atoms with van der Waals surface area (Å²) in [6, 6.07) is 17.3. The van der Waals surface area contributed by atoms with Crippen LogP contribution in [0.5, 0.6) is 0 Å². The van der Waals surface area contributed by atoms with Crippen molar-refractivity contribution in [3.05, 3.63) is 76.2 Å². The van der Waals surface area contributed by atoms with Gasteiger partial charge in [0.05, 0.1) is 18.2 Å². The molecule has 0 aliphatic rings. The van der Waals surface area contributed by atoms with E-state index < -0.39 is 24.3 Å². The van der Waals surface area contributed by atoms with Gasteiger partial charge in [0.1, 0.15) is 10.7 Å². The Morgan fingerprint density at radius 2 is 1.87 bits per heavy atom. The van der Waals surface area contributed by atoms with Crippen LogP contribution in [0, 0.1) is 24.1 Å². The second-order valence-corrected chi connectivity index (χ2v) is 7.43. The van der Waals surface area contributed by atoms with Crippen LogP contribution < -0.4 is 4.90 Å². The van der Waals surface area contributed by atoms with Gasteiger partial charge >= 0.3 is 5.97 Å². The predicted octanol–water partition coefficient (Wildman–Crippen LogP) is 4.97. The molecule has 0 spiro atoms. The summed E-state index contributed by atoms with van der Waals surface area (Å²) in [5, 5.41) is 10.6. The lowest BCUT2D eigenvalue weighted by atomic mass is 10.1. The number of benzene rings is 2. The molecule has 3 aromatic rings. The molecular weight excluding hydrogens is 403 g/mol.